The maximum Gasteiger partial charge on any atom is 0.174 e. The Morgan fingerprint density at radius 2 is 1.79 bits per heavy atom. The zero-order valence-corrected chi connectivity index (χ0v) is 19.7. The SMILES string of the molecule is CCOc1ccc(N2C(=S)N[C@H](c3ccccn3)[C@H]2c2ccc(Sc3ccccc3)o2)cc1. The lowest BCUT2D eigenvalue weighted by Crippen LogP contribution is -2.29. The molecule has 0 radical (unpaired) electrons. The van der Waals surface area contributed by atoms with E-state index in [1.54, 1.807) is 18.0 Å². The summed E-state index contributed by atoms with van der Waals surface area (Å²) in [6, 6.07) is 27.8. The average molecular weight is 474 g/mol. The van der Waals surface area contributed by atoms with Gasteiger partial charge in [0.15, 0.2) is 10.2 Å². The quantitative estimate of drug-likeness (QED) is 0.312. The van der Waals surface area contributed by atoms with Crippen LogP contribution in [0.5, 0.6) is 5.75 Å². The number of aromatic nitrogens is 1. The fraction of sp³-hybridized carbons (Fsp3) is 0.154. The standard InChI is InChI=1S/C26H23N3O2S2/c1-2-30-19-13-11-18(12-14-19)29-25(24(28-26(29)32)21-10-6-7-17-27-21)22-15-16-23(31-22)33-20-8-4-3-5-9-20/h3-17,24-25H,2H2,1H3,(H,28,32)/t24-,25-/m1/s1. The highest BCUT2D eigenvalue weighted by Gasteiger charge is 2.42. The molecule has 5 rings (SSSR count). The fourth-order valence-electron chi connectivity index (χ4n) is 3.94. The van der Waals surface area contributed by atoms with E-state index in [2.05, 4.69) is 27.3 Å². The van der Waals surface area contributed by atoms with E-state index in [1.165, 1.54) is 0 Å². The molecule has 0 aliphatic carbocycles. The number of anilines is 1. The molecule has 166 valence electrons. The first-order valence-corrected chi connectivity index (χ1v) is 12.0. The molecule has 4 aromatic rings. The van der Waals surface area contributed by atoms with Gasteiger partial charge in [0.1, 0.15) is 17.6 Å². The zero-order chi connectivity index (χ0) is 22.6. The smallest absolute Gasteiger partial charge is 0.174 e. The second kappa shape index (κ2) is 9.68. The summed E-state index contributed by atoms with van der Waals surface area (Å²) in [4.78, 5) is 7.82. The minimum atomic E-state index is -0.185. The van der Waals surface area contributed by atoms with Crippen molar-refractivity contribution < 1.29 is 9.15 Å². The topological polar surface area (TPSA) is 50.5 Å². The number of nitrogens with zero attached hydrogens (tertiary/aromatic N) is 2. The minimum Gasteiger partial charge on any atom is -0.494 e. The van der Waals surface area contributed by atoms with Crippen molar-refractivity contribution in [2.24, 2.45) is 0 Å². The summed E-state index contributed by atoms with van der Waals surface area (Å²) in [6.07, 6.45) is 1.80. The molecule has 1 aliphatic rings. The van der Waals surface area contributed by atoms with Gasteiger partial charge in [0.05, 0.1) is 18.3 Å². The average Bonchev–Trinajstić information content (AvgIpc) is 3.45. The number of ether oxygens (including phenoxy) is 1. The molecule has 3 heterocycles. The van der Waals surface area contributed by atoms with E-state index in [0.717, 1.165) is 32.9 Å². The van der Waals surface area contributed by atoms with Gasteiger partial charge in [0, 0.05) is 16.8 Å². The number of hydrogen-bond acceptors (Lipinski definition) is 5. The van der Waals surface area contributed by atoms with Crippen LogP contribution < -0.4 is 15.0 Å². The summed E-state index contributed by atoms with van der Waals surface area (Å²) < 4.78 is 12.0. The molecule has 1 fully saturated rings. The lowest BCUT2D eigenvalue weighted by atomic mass is 10.0. The van der Waals surface area contributed by atoms with Crippen molar-refractivity contribution in [3.8, 4) is 5.75 Å². The van der Waals surface area contributed by atoms with Gasteiger partial charge in [-0.15, -0.1) is 0 Å². The van der Waals surface area contributed by atoms with Crippen LogP contribution in [-0.2, 0) is 0 Å². The van der Waals surface area contributed by atoms with Crippen LogP contribution in [0.4, 0.5) is 5.69 Å². The summed E-state index contributed by atoms with van der Waals surface area (Å²) in [5.41, 5.74) is 1.87. The number of furan rings is 1. The molecule has 1 N–H and O–H groups in total. The molecule has 0 bridgehead atoms. The molecule has 0 saturated carbocycles. The Morgan fingerprint density at radius 3 is 2.52 bits per heavy atom. The maximum absolute atomic E-state index is 6.35. The molecule has 0 amide bonds. The molecule has 0 unspecified atom stereocenters. The first-order chi connectivity index (χ1) is 16.2. The number of rotatable bonds is 7. The van der Waals surface area contributed by atoms with Crippen LogP contribution in [0, 0.1) is 0 Å². The van der Waals surface area contributed by atoms with Gasteiger partial charge in [-0.05, 0) is 79.8 Å². The van der Waals surface area contributed by atoms with Crippen molar-refractivity contribution in [2.45, 2.75) is 29.0 Å². The molecule has 5 nitrogen and oxygen atoms in total. The summed E-state index contributed by atoms with van der Waals surface area (Å²) in [7, 11) is 0. The Bertz CT molecular complexity index is 1210. The van der Waals surface area contributed by atoms with Gasteiger partial charge < -0.3 is 19.4 Å². The predicted molar refractivity (Wildman–Crippen MR) is 135 cm³/mol. The molecule has 2 aromatic heterocycles. The van der Waals surface area contributed by atoms with Gasteiger partial charge in [-0.1, -0.05) is 36.0 Å². The van der Waals surface area contributed by atoms with Crippen LogP contribution in [-0.4, -0.2) is 16.7 Å². The molecule has 2 aromatic carbocycles. The third kappa shape index (κ3) is 4.60. The highest BCUT2D eigenvalue weighted by Crippen LogP contribution is 2.43. The molecular weight excluding hydrogens is 450 g/mol. The fourth-order valence-corrected chi connectivity index (χ4v) is 5.09. The number of benzene rings is 2. The first kappa shape index (κ1) is 21.6. The Hall–Kier alpha value is -3.29. The summed E-state index contributed by atoms with van der Waals surface area (Å²) >= 11 is 7.38. The summed E-state index contributed by atoms with van der Waals surface area (Å²) in [6.45, 7) is 2.60. The van der Waals surface area contributed by atoms with Crippen molar-refractivity contribution in [3.63, 3.8) is 0 Å². The van der Waals surface area contributed by atoms with Crippen LogP contribution >= 0.6 is 24.0 Å². The van der Waals surface area contributed by atoms with Crippen LogP contribution in [0.25, 0.3) is 0 Å². The van der Waals surface area contributed by atoms with Gasteiger partial charge in [-0.3, -0.25) is 4.98 Å². The van der Waals surface area contributed by atoms with E-state index in [0.29, 0.717) is 11.7 Å². The second-order valence-electron chi connectivity index (χ2n) is 7.50. The number of pyridine rings is 1. The van der Waals surface area contributed by atoms with Crippen LogP contribution in [0.1, 0.15) is 30.5 Å². The monoisotopic (exact) mass is 473 g/mol. The maximum atomic E-state index is 6.35. The van der Waals surface area contributed by atoms with Crippen molar-refractivity contribution in [3.05, 3.63) is 103 Å². The zero-order valence-electron chi connectivity index (χ0n) is 18.0. The first-order valence-electron chi connectivity index (χ1n) is 10.8. The van der Waals surface area contributed by atoms with E-state index in [-0.39, 0.29) is 12.1 Å². The van der Waals surface area contributed by atoms with Crippen molar-refractivity contribution in [2.75, 3.05) is 11.5 Å². The highest BCUT2D eigenvalue weighted by atomic mass is 32.2. The van der Waals surface area contributed by atoms with E-state index >= 15 is 0 Å². The van der Waals surface area contributed by atoms with Crippen molar-refractivity contribution >= 4 is 34.8 Å². The van der Waals surface area contributed by atoms with E-state index in [4.69, 9.17) is 21.4 Å². The lowest BCUT2D eigenvalue weighted by Gasteiger charge is -2.26. The Morgan fingerprint density at radius 1 is 1.00 bits per heavy atom. The van der Waals surface area contributed by atoms with Gasteiger partial charge in [-0.25, -0.2) is 0 Å². The van der Waals surface area contributed by atoms with Gasteiger partial charge in [0.2, 0.25) is 0 Å². The van der Waals surface area contributed by atoms with Crippen molar-refractivity contribution in [1.29, 1.82) is 0 Å². The van der Waals surface area contributed by atoms with Gasteiger partial charge in [-0.2, -0.15) is 0 Å². The second-order valence-corrected chi connectivity index (χ2v) is 8.96. The summed E-state index contributed by atoms with van der Waals surface area (Å²) in [5, 5.41) is 4.93. The minimum absolute atomic E-state index is 0.147. The largest absolute Gasteiger partial charge is 0.494 e. The molecule has 1 aliphatic heterocycles. The third-order valence-corrected chi connectivity index (χ3v) is 6.62. The Balaban J connectivity index is 1.51. The summed E-state index contributed by atoms with van der Waals surface area (Å²) in [5.74, 6) is 1.65. The predicted octanol–water partition coefficient (Wildman–Crippen LogP) is 6.40. The molecule has 0 spiro atoms. The third-order valence-electron chi connectivity index (χ3n) is 5.38. The Labute approximate surface area is 202 Å². The molecule has 7 heteroatoms. The Kier molecular flexibility index (Phi) is 6.32. The highest BCUT2D eigenvalue weighted by molar-refractivity contribution is 7.99. The number of nitrogens with one attached hydrogen (secondary N) is 1. The molecular formula is C26H23N3O2S2. The van der Waals surface area contributed by atoms with Crippen molar-refractivity contribution in [1.82, 2.24) is 10.3 Å². The van der Waals surface area contributed by atoms with Crippen LogP contribution in [0.3, 0.4) is 0 Å². The van der Waals surface area contributed by atoms with E-state index in [9.17, 15) is 0 Å². The van der Waals surface area contributed by atoms with E-state index < -0.39 is 0 Å². The van der Waals surface area contributed by atoms with Gasteiger partial charge >= 0.3 is 0 Å². The lowest BCUT2D eigenvalue weighted by molar-refractivity contribution is 0.340. The van der Waals surface area contributed by atoms with Crippen LogP contribution in [0.2, 0.25) is 0 Å². The molecule has 2 atom stereocenters. The number of thiocarbonyl (C=S) groups is 1. The van der Waals surface area contributed by atoms with Crippen LogP contribution in [0.15, 0.2) is 106 Å². The van der Waals surface area contributed by atoms with E-state index in [1.807, 2.05) is 79.7 Å². The normalized spacial score (nSPS) is 17.7. The number of hydrogen-bond donors (Lipinski definition) is 1. The molecule has 33 heavy (non-hydrogen) atoms. The molecule has 1 saturated heterocycles. The van der Waals surface area contributed by atoms with Gasteiger partial charge in [0.25, 0.3) is 0 Å².